The lowest BCUT2D eigenvalue weighted by molar-refractivity contribution is 0.0581. The Morgan fingerprint density at radius 3 is 2.89 bits per heavy atom. The minimum Gasteiger partial charge on any atom is -0.497 e. The number of carbonyl (C=O) groups is 1. The lowest BCUT2D eigenvalue weighted by atomic mass is 10.1. The number of likely N-dealkylation sites (N-methyl/N-ethyl adjacent to an activating group) is 1. The zero-order chi connectivity index (χ0) is 13.1. The highest BCUT2D eigenvalue weighted by Gasteiger charge is 2.31. The Bertz CT molecular complexity index is 436. The molecule has 1 aliphatic heterocycles. The van der Waals surface area contributed by atoms with E-state index in [-0.39, 0.29) is 11.9 Å². The predicted molar refractivity (Wildman–Crippen MR) is 67.8 cm³/mol. The Hall–Kier alpha value is -1.59. The van der Waals surface area contributed by atoms with E-state index in [1.54, 1.807) is 43.3 Å². The Kier molecular flexibility index (Phi) is 3.84. The van der Waals surface area contributed by atoms with Gasteiger partial charge in [0.05, 0.1) is 19.3 Å². The first-order chi connectivity index (χ1) is 8.63. The molecular formula is C13H18N2O3. The summed E-state index contributed by atoms with van der Waals surface area (Å²) >= 11 is 0. The zero-order valence-corrected chi connectivity index (χ0v) is 10.6. The van der Waals surface area contributed by atoms with Crippen LogP contribution >= 0.6 is 0 Å². The number of amides is 1. The summed E-state index contributed by atoms with van der Waals surface area (Å²) in [4.78, 5) is 13.9. The molecule has 1 saturated heterocycles. The molecule has 1 amide bonds. The molecule has 1 fully saturated rings. The van der Waals surface area contributed by atoms with Crippen molar-refractivity contribution in [2.45, 2.75) is 12.1 Å². The van der Waals surface area contributed by atoms with E-state index in [0.29, 0.717) is 24.4 Å². The maximum Gasteiger partial charge on any atom is 0.254 e. The van der Waals surface area contributed by atoms with Crippen molar-refractivity contribution in [3.63, 3.8) is 0 Å². The molecule has 1 aromatic rings. The molecule has 1 heterocycles. The summed E-state index contributed by atoms with van der Waals surface area (Å²) < 4.78 is 5.10. The summed E-state index contributed by atoms with van der Waals surface area (Å²) in [6, 6.07) is 6.85. The Morgan fingerprint density at radius 2 is 2.28 bits per heavy atom. The van der Waals surface area contributed by atoms with Crippen LogP contribution < -0.4 is 10.1 Å². The number of β-amino-alcohol motifs (C(OH)–C–C–N with tert-alkyl or cyclic N) is 1. The van der Waals surface area contributed by atoms with Gasteiger partial charge in [-0.05, 0) is 18.2 Å². The third-order valence-electron chi connectivity index (χ3n) is 3.29. The summed E-state index contributed by atoms with van der Waals surface area (Å²) in [5, 5.41) is 12.8. The number of aliphatic hydroxyl groups is 1. The fourth-order valence-corrected chi connectivity index (χ4v) is 2.16. The molecule has 0 bridgehead atoms. The molecule has 1 aromatic carbocycles. The van der Waals surface area contributed by atoms with Gasteiger partial charge in [-0.15, -0.1) is 0 Å². The standard InChI is InChI=1S/C13H18N2O3/c1-15(11-7-14-8-12(11)16)13(17)9-4-3-5-10(6-9)18-2/h3-6,11-12,14,16H,7-8H2,1-2H3/t11-,12-/m0/s1. The highest BCUT2D eigenvalue weighted by molar-refractivity contribution is 5.94. The quantitative estimate of drug-likeness (QED) is 0.798. The molecule has 0 aliphatic carbocycles. The molecule has 0 spiro atoms. The first kappa shape index (κ1) is 12.9. The number of benzene rings is 1. The lowest BCUT2D eigenvalue weighted by Crippen LogP contribution is -2.44. The zero-order valence-electron chi connectivity index (χ0n) is 10.6. The van der Waals surface area contributed by atoms with Crippen LogP contribution in [0.1, 0.15) is 10.4 Å². The van der Waals surface area contributed by atoms with E-state index >= 15 is 0 Å². The van der Waals surface area contributed by atoms with Gasteiger partial charge in [0, 0.05) is 25.7 Å². The predicted octanol–water partition coefficient (Wildman–Crippen LogP) is 0.0999. The van der Waals surface area contributed by atoms with E-state index in [9.17, 15) is 9.90 Å². The summed E-state index contributed by atoms with van der Waals surface area (Å²) in [6.07, 6.45) is -0.510. The summed E-state index contributed by atoms with van der Waals surface area (Å²) in [5.74, 6) is 0.543. The highest BCUT2D eigenvalue weighted by Crippen LogP contribution is 2.16. The number of carbonyl (C=O) groups excluding carboxylic acids is 1. The van der Waals surface area contributed by atoms with Crippen molar-refractivity contribution in [1.29, 1.82) is 0 Å². The molecule has 2 atom stereocenters. The van der Waals surface area contributed by atoms with Crippen molar-refractivity contribution >= 4 is 5.91 Å². The molecule has 1 aliphatic rings. The SMILES string of the molecule is COc1cccc(C(=O)N(C)[C@H]2CNC[C@@H]2O)c1. The van der Waals surface area contributed by atoms with Crippen molar-refractivity contribution in [2.24, 2.45) is 0 Å². The molecule has 2 rings (SSSR count). The molecule has 0 aromatic heterocycles. The number of ether oxygens (including phenoxy) is 1. The number of nitrogens with one attached hydrogen (secondary N) is 1. The van der Waals surface area contributed by atoms with Crippen LogP contribution in [-0.2, 0) is 0 Å². The van der Waals surface area contributed by atoms with Crippen molar-refractivity contribution < 1.29 is 14.6 Å². The molecule has 0 saturated carbocycles. The molecule has 18 heavy (non-hydrogen) atoms. The van der Waals surface area contributed by atoms with Gasteiger partial charge in [-0.2, -0.15) is 0 Å². The van der Waals surface area contributed by atoms with Crippen molar-refractivity contribution in [1.82, 2.24) is 10.2 Å². The van der Waals surface area contributed by atoms with E-state index in [1.165, 1.54) is 0 Å². The van der Waals surface area contributed by atoms with Gasteiger partial charge >= 0.3 is 0 Å². The van der Waals surface area contributed by atoms with Gasteiger partial charge < -0.3 is 20.1 Å². The van der Waals surface area contributed by atoms with E-state index in [0.717, 1.165) is 0 Å². The molecule has 0 radical (unpaired) electrons. The number of hydrogen-bond acceptors (Lipinski definition) is 4. The minimum atomic E-state index is -0.510. The van der Waals surface area contributed by atoms with E-state index in [1.807, 2.05) is 0 Å². The monoisotopic (exact) mass is 250 g/mol. The van der Waals surface area contributed by atoms with Crippen LogP contribution in [0.15, 0.2) is 24.3 Å². The fraction of sp³-hybridized carbons (Fsp3) is 0.462. The summed E-state index contributed by atoms with van der Waals surface area (Å²) in [6.45, 7) is 1.15. The smallest absolute Gasteiger partial charge is 0.254 e. The Balaban J connectivity index is 2.14. The van der Waals surface area contributed by atoms with Crippen molar-refractivity contribution in [2.75, 3.05) is 27.2 Å². The van der Waals surface area contributed by atoms with Gasteiger partial charge in [0.2, 0.25) is 0 Å². The second-order valence-electron chi connectivity index (χ2n) is 4.44. The number of methoxy groups -OCH3 is 1. The first-order valence-electron chi connectivity index (χ1n) is 5.93. The number of aliphatic hydroxyl groups excluding tert-OH is 1. The molecule has 98 valence electrons. The third kappa shape index (κ3) is 2.47. The molecule has 5 nitrogen and oxygen atoms in total. The lowest BCUT2D eigenvalue weighted by Gasteiger charge is -2.26. The molecule has 2 N–H and O–H groups in total. The Labute approximate surface area is 106 Å². The Morgan fingerprint density at radius 1 is 1.50 bits per heavy atom. The van der Waals surface area contributed by atoms with Crippen LogP contribution in [0.2, 0.25) is 0 Å². The average Bonchev–Trinajstić information content (AvgIpc) is 2.83. The highest BCUT2D eigenvalue weighted by atomic mass is 16.5. The van der Waals surface area contributed by atoms with Crippen molar-refractivity contribution in [3.8, 4) is 5.75 Å². The summed E-state index contributed by atoms with van der Waals surface area (Å²) in [7, 11) is 3.28. The van der Waals surface area contributed by atoms with Gasteiger partial charge in [-0.25, -0.2) is 0 Å². The van der Waals surface area contributed by atoms with Gasteiger partial charge in [-0.3, -0.25) is 4.79 Å². The van der Waals surface area contributed by atoms with Crippen LogP contribution in [0.4, 0.5) is 0 Å². The third-order valence-corrected chi connectivity index (χ3v) is 3.29. The molecule has 5 heteroatoms. The average molecular weight is 250 g/mol. The van der Waals surface area contributed by atoms with Crippen LogP contribution in [-0.4, -0.2) is 55.3 Å². The molecular weight excluding hydrogens is 232 g/mol. The van der Waals surface area contributed by atoms with Crippen LogP contribution in [0.25, 0.3) is 0 Å². The van der Waals surface area contributed by atoms with Gasteiger partial charge in [0.1, 0.15) is 5.75 Å². The largest absolute Gasteiger partial charge is 0.497 e. The van der Waals surface area contributed by atoms with E-state index in [4.69, 9.17) is 4.74 Å². The van der Waals surface area contributed by atoms with Crippen molar-refractivity contribution in [3.05, 3.63) is 29.8 Å². The van der Waals surface area contributed by atoms with E-state index in [2.05, 4.69) is 5.32 Å². The first-order valence-corrected chi connectivity index (χ1v) is 5.93. The van der Waals surface area contributed by atoms with E-state index < -0.39 is 6.10 Å². The maximum absolute atomic E-state index is 12.3. The van der Waals surface area contributed by atoms with Crippen LogP contribution in [0.5, 0.6) is 5.75 Å². The maximum atomic E-state index is 12.3. The fourth-order valence-electron chi connectivity index (χ4n) is 2.16. The van der Waals surface area contributed by atoms with Gasteiger partial charge in [-0.1, -0.05) is 6.07 Å². The number of nitrogens with zero attached hydrogens (tertiary/aromatic N) is 1. The minimum absolute atomic E-state index is 0.110. The van der Waals surface area contributed by atoms with Crippen LogP contribution in [0, 0.1) is 0 Å². The van der Waals surface area contributed by atoms with Gasteiger partial charge in [0.15, 0.2) is 0 Å². The second-order valence-corrected chi connectivity index (χ2v) is 4.44. The number of rotatable bonds is 3. The molecule has 0 unspecified atom stereocenters. The number of hydrogen-bond donors (Lipinski definition) is 2. The summed E-state index contributed by atoms with van der Waals surface area (Å²) in [5.41, 5.74) is 0.566. The second kappa shape index (κ2) is 5.37. The normalized spacial score (nSPS) is 22.8. The topological polar surface area (TPSA) is 61.8 Å². The van der Waals surface area contributed by atoms with Crippen LogP contribution in [0.3, 0.4) is 0 Å². The van der Waals surface area contributed by atoms with Gasteiger partial charge in [0.25, 0.3) is 5.91 Å².